The van der Waals surface area contributed by atoms with Gasteiger partial charge < -0.3 is 9.73 Å². The number of para-hydroxylation sites is 2. The van der Waals surface area contributed by atoms with E-state index in [1.165, 1.54) is 32.4 Å². The molecule has 0 radical (unpaired) electrons. The van der Waals surface area contributed by atoms with E-state index in [1.54, 1.807) is 24.3 Å². The number of thiazole rings is 1. The first-order valence-corrected chi connectivity index (χ1v) is 10.2. The van der Waals surface area contributed by atoms with E-state index in [-0.39, 0.29) is 12.5 Å². The van der Waals surface area contributed by atoms with Crippen LogP contribution in [0.4, 0.5) is 5.13 Å². The number of carbonyl (C=O) groups excluding carboxylic acids is 1. The van der Waals surface area contributed by atoms with E-state index in [9.17, 15) is 9.59 Å². The number of fused-ring (bicyclic) bond motifs is 3. The minimum Gasteiger partial charge on any atom is -0.408 e. The van der Waals surface area contributed by atoms with Crippen LogP contribution in [0.25, 0.3) is 32.1 Å². The summed E-state index contributed by atoms with van der Waals surface area (Å²) >= 11 is 1.46. The zero-order valence-corrected chi connectivity index (χ0v) is 16.1. The van der Waals surface area contributed by atoms with E-state index in [2.05, 4.69) is 34.6 Å². The van der Waals surface area contributed by atoms with E-state index in [0.717, 1.165) is 28.4 Å². The molecule has 1 aliphatic carbocycles. The summed E-state index contributed by atoms with van der Waals surface area (Å²) in [5, 5.41) is 5.83. The number of amides is 1. The molecule has 0 saturated heterocycles. The molecule has 6 nitrogen and oxygen atoms in total. The van der Waals surface area contributed by atoms with Gasteiger partial charge in [0.2, 0.25) is 5.91 Å². The zero-order chi connectivity index (χ0) is 19.5. The molecule has 2 heterocycles. The third-order valence-electron chi connectivity index (χ3n) is 5.47. The summed E-state index contributed by atoms with van der Waals surface area (Å²) in [6.07, 6.45) is 2.11. The van der Waals surface area contributed by atoms with Crippen molar-refractivity contribution in [3.8, 4) is 0 Å². The highest BCUT2D eigenvalue weighted by Gasteiger charge is 2.19. The number of rotatable bonds is 3. The molecule has 3 aromatic carbocycles. The fourth-order valence-electron chi connectivity index (χ4n) is 4.22. The first kappa shape index (κ1) is 16.5. The maximum atomic E-state index is 12.6. The van der Waals surface area contributed by atoms with Gasteiger partial charge in [0.15, 0.2) is 10.7 Å². The van der Waals surface area contributed by atoms with E-state index < -0.39 is 5.76 Å². The number of oxazole rings is 1. The second-order valence-corrected chi connectivity index (χ2v) is 8.24. The third-order valence-corrected chi connectivity index (χ3v) is 6.39. The van der Waals surface area contributed by atoms with Gasteiger partial charge in [-0.2, -0.15) is 0 Å². The molecule has 142 valence electrons. The van der Waals surface area contributed by atoms with Gasteiger partial charge in [-0.25, -0.2) is 9.78 Å². The number of hydrogen-bond donors (Lipinski definition) is 1. The van der Waals surface area contributed by atoms with E-state index in [1.807, 2.05) is 0 Å². The predicted molar refractivity (Wildman–Crippen MR) is 114 cm³/mol. The summed E-state index contributed by atoms with van der Waals surface area (Å²) in [4.78, 5) is 29.4. The quantitative estimate of drug-likeness (QED) is 0.494. The molecule has 0 bridgehead atoms. The van der Waals surface area contributed by atoms with Gasteiger partial charge in [-0.3, -0.25) is 9.36 Å². The summed E-state index contributed by atoms with van der Waals surface area (Å²) in [5.41, 5.74) is 4.70. The Labute approximate surface area is 168 Å². The molecule has 0 atom stereocenters. The van der Waals surface area contributed by atoms with Crippen molar-refractivity contribution in [1.29, 1.82) is 0 Å². The Morgan fingerprint density at radius 3 is 2.93 bits per heavy atom. The van der Waals surface area contributed by atoms with Crippen LogP contribution in [0.2, 0.25) is 0 Å². The fraction of sp³-hybridized carbons (Fsp3) is 0.136. The number of hydrogen-bond acceptors (Lipinski definition) is 5. The lowest BCUT2D eigenvalue weighted by Crippen LogP contribution is -2.24. The maximum Gasteiger partial charge on any atom is 0.420 e. The number of nitrogens with zero attached hydrogens (tertiary/aromatic N) is 2. The van der Waals surface area contributed by atoms with E-state index >= 15 is 0 Å². The molecule has 0 spiro atoms. The molecule has 2 aromatic heterocycles. The average molecular weight is 401 g/mol. The molecule has 0 fully saturated rings. The highest BCUT2D eigenvalue weighted by Crippen LogP contribution is 2.39. The van der Waals surface area contributed by atoms with Crippen LogP contribution in [0.15, 0.2) is 57.7 Å². The van der Waals surface area contributed by atoms with Crippen molar-refractivity contribution >= 4 is 54.5 Å². The first-order chi connectivity index (χ1) is 14.2. The summed E-state index contributed by atoms with van der Waals surface area (Å²) in [6.45, 7) is -0.123. The second-order valence-electron chi connectivity index (χ2n) is 7.21. The first-order valence-electron chi connectivity index (χ1n) is 9.39. The minimum absolute atomic E-state index is 0.123. The van der Waals surface area contributed by atoms with Crippen molar-refractivity contribution in [1.82, 2.24) is 9.55 Å². The van der Waals surface area contributed by atoms with Crippen molar-refractivity contribution < 1.29 is 9.21 Å². The van der Waals surface area contributed by atoms with Crippen LogP contribution >= 0.6 is 11.3 Å². The third kappa shape index (κ3) is 2.51. The smallest absolute Gasteiger partial charge is 0.408 e. The lowest BCUT2D eigenvalue weighted by Gasteiger charge is -2.02. The lowest BCUT2D eigenvalue weighted by atomic mass is 10.0. The summed E-state index contributed by atoms with van der Waals surface area (Å²) in [7, 11) is 0. The SMILES string of the molecule is O=C(Cn1c(=O)oc2ccccc21)Nc1nc2c(cc3c4c(cccc42)CC3)s1. The molecule has 0 saturated carbocycles. The van der Waals surface area contributed by atoms with E-state index in [4.69, 9.17) is 4.42 Å². The molecule has 1 N–H and O–H groups in total. The topological polar surface area (TPSA) is 77.1 Å². The molecule has 1 amide bonds. The number of nitrogens with one attached hydrogen (secondary N) is 1. The molecule has 7 heteroatoms. The molecule has 0 aliphatic heterocycles. The second kappa shape index (κ2) is 6.02. The Morgan fingerprint density at radius 1 is 1.14 bits per heavy atom. The Morgan fingerprint density at radius 2 is 2.00 bits per heavy atom. The van der Waals surface area contributed by atoms with Crippen LogP contribution in [-0.2, 0) is 24.2 Å². The molecular weight excluding hydrogens is 386 g/mol. The van der Waals surface area contributed by atoms with Crippen LogP contribution in [0, 0.1) is 0 Å². The summed E-state index contributed by atoms with van der Waals surface area (Å²) in [5.74, 6) is -0.856. The van der Waals surface area contributed by atoms with Gasteiger partial charge in [0.1, 0.15) is 6.54 Å². The average Bonchev–Trinajstić information content (AvgIpc) is 3.39. The van der Waals surface area contributed by atoms with Gasteiger partial charge in [-0.15, -0.1) is 0 Å². The number of anilines is 1. The Hall–Kier alpha value is -3.45. The van der Waals surface area contributed by atoms with Crippen molar-refractivity contribution in [2.45, 2.75) is 19.4 Å². The van der Waals surface area contributed by atoms with Gasteiger partial charge >= 0.3 is 5.76 Å². The number of aromatic nitrogens is 2. The van der Waals surface area contributed by atoms with Gasteiger partial charge in [0, 0.05) is 5.39 Å². The molecular formula is C22H15N3O3S. The number of benzene rings is 3. The minimum atomic E-state index is -0.545. The maximum absolute atomic E-state index is 12.6. The fourth-order valence-corrected chi connectivity index (χ4v) is 5.19. The standard InChI is InChI=1S/C22H15N3O3S/c26-18(11-25-15-6-1-2-7-16(15)28-22(25)27)23-21-24-20-14-5-3-4-12-8-9-13(19(12)14)10-17(20)29-21/h1-7,10H,8-9,11H2,(H,23,24,26). The zero-order valence-electron chi connectivity index (χ0n) is 15.3. The Bertz CT molecular complexity index is 1510. The van der Waals surface area contributed by atoms with Crippen LogP contribution in [0.1, 0.15) is 11.1 Å². The predicted octanol–water partition coefficient (Wildman–Crippen LogP) is 4.09. The van der Waals surface area contributed by atoms with Crippen molar-refractivity contribution in [3.05, 3.63) is 70.2 Å². The van der Waals surface area contributed by atoms with Crippen molar-refractivity contribution in [2.75, 3.05) is 5.32 Å². The molecule has 1 aliphatic rings. The van der Waals surface area contributed by atoms with E-state index in [0.29, 0.717) is 16.2 Å². The molecule has 6 rings (SSSR count). The van der Waals surface area contributed by atoms with Crippen LogP contribution in [0.3, 0.4) is 0 Å². The molecule has 0 unspecified atom stereocenters. The highest BCUT2D eigenvalue weighted by molar-refractivity contribution is 7.22. The number of carbonyl (C=O) groups is 1. The highest BCUT2D eigenvalue weighted by atomic mass is 32.1. The Kier molecular flexibility index (Phi) is 3.43. The summed E-state index contributed by atoms with van der Waals surface area (Å²) in [6, 6.07) is 15.6. The van der Waals surface area contributed by atoms with Crippen molar-refractivity contribution in [3.63, 3.8) is 0 Å². The number of aryl methyl sites for hydroxylation is 2. The van der Waals surface area contributed by atoms with Gasteiger partial charge in [-0.05, 0) is 47.6 Å². The summed E-state index contributed by atoms with van der Waals surface area (Å²) < 4.78 is 7.58. The normalized spacial score (nSPS) is 13.0. The monoisotopic (exact) mass is 401 g/mol. The van der Waals surface area contributed by atoms with Crippen molar-refractivity contribution in [2.24, 2.45) is 0 Å². The largest absolute Gasteiger partial charge is 0.420 e. The lowest BCUT2D eigenvalue weighted by molar-refractivity contribution is -0.116. The molecule has 5 aromatic rings. The van der Waals surface area contributed by atoms with Gasteiger partial charge in [-0.1, -0.05) is 41.7 Å². The van der Waals surface area contributed by atoms with Crippen LogP contribution in [0.5, 0.6) is 0 Å². The van der Waals surface area contributed by atoms with Gasteiger partial charge in [0.25, 0.3) is 0 Å². The van der Waals surface area contributed by atoms with Crippen LogP contribution < -0.4 is 11.1 Å². The van der Waals surface area contributed by atoms with Gasteiger partial charge in [0.05, 0.1) is 15.7 Å². The molecule has 29 heavy (non-hydrogen) atoms. The Balaban J connectivity index is 1.35. The van der Waals surface area contributed by atoms with Crippen LogP contribution in [-0.4, -0.2) is 15.5 Å².